The van der Waals surface area contributed by atoms with Gasteiger partial charge >= 0.3 is 12.1 Å². The Balaban J connectivity index is 1.51. The summed E-state index contributed by atoms with van der Waals surface area (Å²) < 4.78 is 22.6. The second-order valence-electron chi connectivity index (χ2n) is 11.2. The average molecular weight is 568 g/mol. The van der Waals surface area contributed by atoms with Gasteiger partial charge in [-0.15, -0.1) is 0 Å². The third-order valence-electron chi connectivity index (χ3n) is 6.76. The molecule has 4 rings (SSSR count). The van der Waals surface area contributed by atoms with Crippen molar-refractivity contribution in [3.05, 3.63) is 65.7 Å². The number of hydrogen-bond donors (Lipinski definition) is 1. The first-order valence-electron chi connectivity index (χ1n) is 13.6. The van der Waals surface area contributed by atoms with Crippen molar-refractivity contribution >= 4 is 23.9 Å². The van der Waals surface area contributed by atoms with Gasteiger partial charge in [-0.3, -0.25) is 9.59 Å². The molecule has 0 saturated carbocycles. The number of carbonyl (C=O) groups is 4. The number of ether oxygens (including phenoxy) is 4. The number of likely N-dealkylation sites (N-methyl/N-ethyl adjacent to an activating group) is 1. The van der Waals surface area contributed by atoms with Crippen molar-refractivity contribution in [1.29, 1.82) is 0 Å². The standard InChI is InChI=1S/C30H37N3O8/c1-30(2,3)41-29(37)31-22-14-23-17-39-24-12-8-11-21(13-24)27(35)32(4)25(18-38-19-26(34)33(23)15-22)28(36)40-16-20-9-6-5-7-10-20/h5-13,22-23,25H,14-19H2,1-4H3,(H,31,37)/t22-,23-,25-/m0/s1. The molecule has 0 aliphatic carbocycles. The molecule has 220 valence electrons. The summed E-state index contributed by atoms with van der Waals surface area (Å²) in [6.45, 7) is 5.19. The highest BCUT2D eigenvalue weighted by Crippen LogP contribution is 2.23. The molecular formula is C30H37N3O8. The molecule has 0 spiro atoms. The van der Waals surface area contributed by atoms with Gasteiger partial charge in [-0.2, -0.15) is 0 Å². The van der Waals surface area contributed by atoms with Crippen LogP contribution in [0.5, 0.6) is 5.75 Å². The Morgan fingerprint density at radius 1 is 1.05 bits per heavy atom. The van der Waals surface area contributed by atoms with Gasteiger partial charge in [0.15, 0.2) is 6.04 Å². The summed E-state index contributed by atoms with van der Waals surface area (Å²) >= 11 is 0. The average Bonchev–Trinajstić information content (AvgIpc) is 3.33. The number of alkyl carbamates (subject to hydrolysis) is 1. The Morgan fingerprint density at radius 2 is 1.80 bits per heavy atom. The van der Waals surface area contributed by atoms with Gasteiger partial charge in [-0.25, -0.2) is 9.59 Å². The molecule has 1 saturated heterocycles. The van der Waals surface area contributed by atoms with Crippen LogP contribution in [0.25, 0.3) is 0 Å². The topological polar surface area (TPSA) is 124 Å². The van der Waals surface area contributed by atoms with Crippen molar-refractivity contribution in [3.8, 4) is 5.75 Å². The maximum Gasteiger partial charge on any atom is 0.407 e. The van der Waals surface area contributed by atoms with E-state index in [1.165, 1.54) is 11.9 Å². The second kappa shape index (κ2) is 13.0. The predicted octanol–water partition coefficient (Wildman–Crippen LogP) is 2.77. The van der Waals surface area contributed by atoms with E-state index >= 15 is 0 Å². The lowest BCUT2D eigenvalue weighted by Crippen LogP contribution is -2.47. The molecule has 2 aliphatic rings. The van der Waals surface area contributed by atoms with E-state index in [2.05, 4.69) is 5.32 Å². The zero-order chi connectivity index (χ0) is 29.6. The highest BCUT2D eigenvalue weighted by Gasteiger charge is 2.38. The molecule has 1 fully saturated rings. The van der Waals surface area contributed by atoms with E-state index < -0.39 is 29.6 Å². The van der Waals surface area contributed by atoms with Gasteiger partial charge in [-0.05, 0) is 51.0 Å². The van der Waals surface area contributed by atoms with Crippen LogP contribution in [0, 0.1) is 0 Å². The van der Waals surface area contributed by atoms with E-state index in [9.17, 15) is 19.2 Å². The molecule has 0 radical (unpaired) electrons. The monoisotopic (exact) mass is 567 g/mol. The summed E-state index contributed by atoms with van der Waals surface area (Å²) in [5, 5.41) is 2.83. The summed E-state index contributed by atoms with van der Waals surface area (Å²) in [6.07, 6.45) is -0.120. The number of rotatable bonds is 4. The van der Waals surface area contributed by atoms with Crippen molar-refractivity contribution in [2.75, 3.05) is 33.4 Å². The minimum atomic E-state index is -1.09. The van der Waals surface area contributed by atoms with Gasteiger partial charge in [-0.1, -0.05) is 36.4 Å². The van der Waals surface area contributed by atoms with Gasteiger partial charge < -0.3 is 34.1 Å². The Morgan fingerprint density at radius 3 is 2.54 bits per heavy atom. The fourth-order valence-corrected chi connectivity index (χ4v) is 4.72. The minimum Gasteiger partial charge on any atom is -0.491 e. The molecule has 2 heterocycles. The fourth-order valence-electron chi connectivity index (χ4n) is 4.72. The lowest BCUT2D eigenvalue weighted by atomic mass is 10.1. The van der Waals surface area contributed by atoms with Crippen LogP contribution < -0.4 is 10.1 Å². The molecule has 2 aliphatic heterocycles. The number of nitrogens with one attached hydrogen (secondary N) is 1. The van der Waals surface area contributed by atoms with Crippen molar-refractivity contribution in [2.45, 2.75) is 57.5 Å². The molecule has 11 nitrogen and oxygen atoms in total. The molecule has 2 aromatic carbocycles. The first-order chi connectivity index (χ1) is 19.5. The lowest BCUT2D eigenvalue weighted by Gasteiger charge is -2.28. The highest BCUT2D eigenvalue weighted by molar-refractivity contribution is 5.97. The largest absolute Gasteiger partial charge is 0.491 e. The number of nitrogens with zero attached hydrogens (tertiary/aromatic N) is 2. The van der Waals surface area contributed by atoms with Crippen LogP contribution >= 0.6 is 0 Å². The van der Waals surface area contributed by atoms with Gasteiger partial charge in [0.2, 0.25) is 5.91 Å². The zero-order valence-electron chi connectivity index (χ0n) is 23.8. The maximum atomic E-state index is 13.3. The Bertz CT molecular complexity index is 1250. The van der Waals surface area contributed by atoms with Crippen molar-refractivity contribution in [3.63, 3.8) is 0 Å². The SMILES string of the molecule is CN1C(=O)c2cccc(c2)OC[C@@H]2C[C@H](NC(=O)OC(C)(C)C)CN2C(=O)COC[C@H]1C(=O)OCc1ccccc1. The number of benzene rings is 2. The number of carbonyl (C=O) groups excluding carboxylic acids is 4. The summed E-state index contributed by atoms with van der Waals surface area (Å²) in [4.78, 5) is 54.9. The lowest BCUT2D eigenvalue weighted by molar-refractivity contribution is -0.154. The molecule has 41 heavy (non-hydrogen) atoms. The minimum absolute atomic E-state index is 0.0297. The van der Waals surface area contributed by atoms with E-state index in [4.69, 9.17) is 18.9 Å². The molecule has 3 amide bonds. The quantitative estimate of drug-likeness (QED) is 0.560. The van der Waals surface area contributed by atoms with Gasteiger partial charge in [0, 0.05) is 19.2 Å². The van der Waals surface area contributed by atoms with E-state index in [1.807, 2.05) is 30.3 Å². The van der Waals surface area contributed by atoms with Crippen LogP contribution in [-0.2, 0) is 30.4 Å². The van der Waals surface area contributed by atoms with Crippen LogP contribution in [0.2, 0.25) is 0 Å². The summed E-state index contributed by atoms with van der Waals surface area (Å²) in [5.41, 5.74) is 0.466. The molecule has 11 heteroatoms. The fraction of sp³-hybridized carbons (Fsp3) is 0.467. The normalized spacial score (nSPS) is 21.8. The predicted molar refractivity (Wildman–Crippen MR) is 148 cm³/mol. The second-order valence-corrected chi connectivity index (χ2v) is 11.2. The third-order valence-corrected chi connectivity index (χ3v) is 6.76. The number of esters is 1. The van der Waals surface area contributed by atoms with Crippen LogP contribution in [0.1, 0.15) is 43.1 Å². The molecule has 2 aromatic rings. The summed E-state index contributed by atoms with van der Waals surface area (Å²) in [7, 11) is 1.49. The van der Waals surface area contributed by atoms with Crippen LogP contribution in [0.4, 0.5) is 4.79 Å². The van der Waals surface area contributed by atoms with E-state index in [0.717, 1.165) is 5.56 Å². The van der Waals surface area contributed by atoms with E-state index in [0.29, 0.717) is 17.7 Å². The molecule has 0 unspecified atom stereocenters. The van der Waals surface area contributed by atoms with Gasteiger partial charge in [0.05, 0.1) is 18.7 Å². The molecule has 0 aromatic heterocycles. The first kappa shape index (κ1) is 29.9. The first-order valence-corrected chi connectivity index (χ1v) is 13.6. The highest BCUT2D eigenvalue weighted by atomic mass is 16.6. The summed E-state index contributed by atoms with van der Waals surface area (Å²) in [6, 6.07) is 14.0. The third kappa shape index (κ3) is 8.20. The Hall–Kier alpha value is -4.12. The van der Waals surface area contributed by atoms with Crippen molar-refractivity contribution in [2.24, 2.45) is 0 Å². The van der Waals surface area contributed by atoms with Crippen LogP contribution in [0.15, 0.2) is 54.6 Å². The molecule has 1 N–H and O–H groups in total. The number of hydrogen-bond acceptors (Lipinski definition) is 8. The Kier molecular flexibility index (Phi) is 9.49. The smallest absolute Gasteiger partial charge is 0.407 e. The maximum absolute atomic E-state index is 13.3. The van der Waals surface area contributed by atoms with Crippen LogP contribution in [0.3, 0.4) is 0 Å². The van der Waals surface area contributed by atoms with Gasteiger partial charge in [0.25, 0.3) is 5.91 Å². The summed E-state index contributed by atoms with van der Waals surface area (Å²) in [5.74, 6) is -0.967. The van der Waals surface area contributed by atoms with E-state index in [-0.39, 0.29) is 51.0 Å². The molecule has 3 atom stereocenters. The van der Waals surface area contributed by atoms with Crippen molar-refractivity contribution in [1.82, 2.24) is 15.1 Å². The van der Waals surface area contributed by atoms with Crippen molar-refractivity contribution < 1.29 is 38.1 Å². The van der Waals surface area contributed by atoms with E-state index in [1.54, 1.807) is 49.9 Å². The molecule has 2 bridgehead atoms. The number of fused-ring (bicyclic) bond motifs is 3. The zero-order valence-corrected chi connectivity index (χ0v) is 23.8. The van der Waals surface area contributed by atoms with Gasteiger partial charge in [0.1, 0.15) is 31.2 Å². The number of amides is 3. The van der Waals surface area contributed by atoms with Crippen LogP contribution in [-0.4, -0.2) is 90.8 Å². The molecular weight excluding hydrogens is 530 g/mol. The Labute approximate surface area is 239 Å².